The molecule has 2 aromatic carbocycles. The van der Waals surface area contributed by atoms with Gasteiger partial charge in [0.05, 0.1) is 14.2 Å². The lowest BCUT2D eigenvalue weighted by molar-refractivity contribution is 0.216. The third-order valence-corrected chi connectivity index (χ3v) is 4.52. The number of thiophene rings is 1. The van der Waals surface area contributed by atoms with Crippen LogP contribution in [-0.2, 0) is 0 Å². The number of ether oxygens (including phenoxy) is 2. The Morgan fingerprint density at radius 1 is 1.00 bits per heavy atom. The van der Waals surface area contributed by atoms with E-state index in [1.54, 1.807) is 25.6 Å². The van der Waals surface area contributed by atoms with Crippen molar-refractivity contribution in [1.82, 2.24) is 0 Å². The van der Waals surface area contributed by atoms with Crippen molar-refractivity contribution in [3.8, 4) is 11.5 Å². The monoisotopic (exact) mass is 300 g/mol. The molecule has 21 heavy (non-hydrogen) atoms. The number of methoxy groups -OCH3 is 2. The molecule has 0 radical (unpaired) electrons. The summed E-state index contributed by atoms with van der Waals surface area (Å²) in [6.45, 7) is 0. The zero-order valence-electron chi connectivity index (χ0n) is 11.9. The van der Waals surface area contributed by atoms with Crippen LogP contribution in [0, 0.1) is 0 Å². The highest BCUT2D eigenvalue weighted by Gasteiger charge is 2.19. The van der Waals surface area contributed by atoms with Gasteiger partial charge < -0.3 is 14.6 Å². The van der Waals surface area contributed by atoms with Crippen LogP contribution in [0.5, 0.6) is 11.5 Å². The van der Waals surface area contributed by atoms with E-state index < -0.39 is 6.10 Å². The minimum atomic E-state index is -0.744. The number of aliphatic hydroxyl groups excluding tert-OH is 1. The molecule has 3 aromatic rings. The Balaban J connectivity index is 2.11. The Labute approximate surface area is 127 Å². The lowest BCUT2D eigenvalue weighted by atomic mass is 10.00. The molecule has 0 spiro atoms. The molecule has 1 atom stereocenters. The van der Waals surface area contributed by atoms with Crippen molar-refractivity contribution < 1.29 is 14.6 Å². The van der Waals surface area contributed by atoms with E-state index >= 15 is 0 Å². The second-order valence-corrected chi connectivity index (χ2v) is 5.61. The fourth-order valence-corrected chi connectivity index (χ4v) is 3.41. The number of hydrogen-bond donors (Lipinski definition) is 1. The van der Waals surface area contributed by atoms with Crippen LogP contribution in [0.25, 0.3) is 10.1 Å². The maximum Gasteiger partial charge on any atom is 0.125 e. The summed E-state index contributed by atoms with van der Waals surface area (Å²) < 4.78 is 11.8. The molecular weight excluding hydrogens is 284 g/mol. The first-order valence-electron chi connectivity index (χ1n) is 6.60. The van der Waals surface area contributed by atoms with Crippen molar-refractivity contribution in [2.24, 2.45) is 0 Å². The average Bonchev–Trinajstić information content (AvgIpc) is 2.97. The third kappa shape index (κ3) is 2.48. The van der Waals surface area contributed by atoms with E-state index in [0.29, 0.717) is 17.1 Å². The molecule has 1 N–H and O–H groups in total. The minimum Gasteiger partial charge on any atom is -0.497 e. The van der Waals surface area contributed by atoms with Crippen LogP contribution < -0.4 is 9.47 Å². The maximum absolute atomic E-state index is 10.8. The molecule has 3 nitrogen and oxygen atoms in total. The van der Waals surface area contributed by atoms with Crippen LogP contribution in [0.3, 0.4) is 0 Å². The van der Waals surface area contributed by atoms with Gasteiger partial charge in [0.1, 0.15) is 17.6 Å². The quantitative estimate of drug-likeness (QED) is 0.791. The standard InChI is InChI=1S/C17H16O3S/c1-19-11-7-8-15(20-2)13(9-11)17(18)14-10-21-16-6-4-3-5-12(14)16/h3-10,17-18H,1-2H3. The van der Waals surface area contributed by atoms with Crippen LogP contribution in [-0.4, -0.2) is 19.3 Å². The Hall–Kier alpha value is -2.04. The van der Waals surface area contributed by atoms with Crippen molar-refractivity contribution in [1.29, 1.82) is 0 Å². The number of aliphatic hydroxyl groups is 1. The fourth-order valence-electron chi connectivity index (χ4n) is 2.43. The highest BCUT2D eigenvalue weighted by Crippen LogP contribution is 2.38. The Kier molecular flexibility index (Phi) is 3.82. The predicted octanol–water partition coefficient (Wildman–Crippen LogP) is 4.00. The first-order chi connectivity index (χ1) is 10.2. The van der Waals surface area contributed by atoms with Gasteiger partial charge in [-0.05, 0) is 35.0 Å². The van der Waals surface area contributed by atoms with Gasteiger partial charge in [0, 0.05) is 15.8 Å². The van der Waals surface area contributed by atoms with Crippen molar-refractivity contribution in [3.63, 3.8) is 0 Å². The van der Waals surface area contributed by atoms with E-state index in [9.17, 15) is 5.11 Å². The normalized spacial score (nSPS) is 12.3. The summed E-state index contributed by atoms with van der Waals surface area (Å²) in [6.07, 6.45) is -0.744. The van der Waals surface area contributed by atoms with E-state index in [0.717, 1.165) is 15.6 Å². The molecule has 0 aliphatic rings. The first-order valence-corrected chi connectivity index (χ1v) is 7.48. The molecular formula is C17H16O3S. The van der Waals surface area contributed by atoms with Gasteiger partial charge in [0.25, 0.3) is 0 Å². The van der Waals surface area contributed by atoms with Crippen molar-refractivity contribution in [2.45, 2.75) is 6.10 Å². The van der Waals surface area contributed by atoms with Gasteiger partial charge in [-0.25, -0.2) is 0 Å². The van der Waals surface area contributed by atoms with Crippen LogP contribution >= 0.6 is 11.3 Å². The number of benzene rings is 2. The van der Waals surface area contributed by atoms with Crippen molar-refractivity contribution in [3.05, 3.63) is 59.0 Å². The molecule has 4 heteroatoms. The summed E-state index contributed by atoms with van der Waals surface area (Å²) in [5, 5.41) is 13.8. The van der Waals surface area contributed by atoms with E-state index in [4.69, 9.17) is 9.47 Å². The van der Waals surface area contributed by atoms with Crippen LogP contribution in [0.2, 0.25) is 0 Å². The van der Waals surface area contributed by atoms with Gasteiger partial charge in [0.15, 0.2) is 0 Å². The molecule has 0 aliphatic carbocycles. The zero-order valence-corrected chi connectivity index (χ0v) is 12.7. The summed E-state index contributed by atoms with van der Waals surface area (Å²) >= 11 is 1.63. The Morgan fingerprint density at radius 3 is 2.57 bits per heavy atom. The fraction of sp³-hybridized carbons (Fsp3) is 0.176. The highest BCUT2D eigenvalue weighted by molar-refractivity contribution is 7.17. The molecule has 108 valence electrons. The van der Waals surface area contributed by atoms with Gasteiger partial charge >= 0.3 is 0 Å². The minimum absolute atomic E-state index is 0.651. The molecule has 1 aromatic heterocycles. The summed E-state index contributed by atoms with van der Waals surface area (Å²) in [7, 11) is 3.21. The summed E-state index contributed by atoms with van der Waals surface area (Å²) in [5.41, 5.74) is 1.60. The Morgan fingerprint density at radius 2 is 1.81 bits per heavy atom. The lowest BCUT2D eigenvalue weighted by Crippen LogP contribution is -2.02. The second-order valence-electron chi connectivity index (χ2n) is 4.70. The van der Waals surface area contributed by atoms with E-state index in [1.165, 1.54) is 0 Å². The second kappa shape index (κ2) is 5.76. The zero-order chi connectivity index (χ0) is 14.8. The molecule has 1 heterocycles. The molecule has 0 bridgehead atoms. The maximum atomic E-state index is 10.8. The third-order valence-electron chi connectivity index (χ3n) is 3.54. The Bertz CT molecular complexity index is 764. The number of hydrogen-bond acceptors (Lipinski definition) is 4. The first kappa shape index (κ1) is 13.9. The molecule has 3 rings (SSSR count). The van der Waals surface area contributed by atoms with Crippen molar-refractivity contribution in [2.75, 3.05) is 14.2 Å². The van der Waals surface area contributed by atoms with Gasteiger partial charge in [-0.3, -0.25) is 0 Å². The van der Waals surface area contributed by atoms with Gasteiger partial charge in [-0.15, -0.1) is 11.3 Å². The SMILES string of the molecule is COc1ccc(OC)c(C(O)c2csc3ccccc23)c1. The van der Waals surface area contributed by atoms with E-state index in [-0.39, 0.29) is 0 Å². The lowest BCUT2D eigenvalue weighted by Gasteiger charge is -2.15. The molecule has 0 amide bonds. The summed E-state index contributed by atoms with van der Waals surface area (Å²) in [4.78, 5) is 0. The van der Waals surface area contributed by atoms with Gasteiger partial charge in [0.2, 0.25) is 0 Å². The number of rotatable bonds is 4. The van der Waals surface area contributed by atoms with Crippen molar-refractivity contribution >= 4 is 21.4 Å². The van der Waals surface area contributed by atoms with Crippen LogP contribution in [0.15, 0.2) is 47.8 Å². The topological polar surface area (TPSA) is 38.7 Å². The number of fused-ring (bicyclic) bond motifs is 1. The van der Waals surface area contributed by atoms with Gasteiger partial charge in [-0.1, -0.05) is 18.2 Å². The molecule has 0 fully saturated rings. The molecule has 0 saturated heterocycles. The van der Waals surface area contributed by atoms with E-state index in [2.05, 4.69) is 6.07 Å². The highest BCUT2D eigenvalue weighted by atomic mass is 32.1. The molecule has 0 aliphatic heterocycles. The summed E-state index contributed by atoms with van der Waals surface area (Å²) in [6, 6.07) is 13.5. The van der Waals surface area contributed by atoms with E-state index in [1.807, 2.05) is 41.8 Å². The summed E-state index contributed by atoms with van der Waals surface area (Å²) in [5.74, 6) is 1.35. The molecule has 1 unspecified atom stereocenters. The smallest absolute Gasteiger partial charge is 0.125 e. The molecule has 0 saturated carbocycles. The van der Waals surface area contributed by atoms with Crippen LogP contribution in [0.4, 0.5) is 0 Å². The van der Waals surface area contributed by atoms with Gasteiger partial charge in [-0.2, -0.15) is 0 Å². The largest absolute Gasteiger partial charge is 0.497 e. The van der Waals surface area contributed by atoms with Crippen LogP contribution in [0.1, 0.15) is 17.2 Å². The predicted molar refractivity (Wildman–Crippen MR) is 85.4 cm³/mol. The average molecular weight is 300 g/mol.